The second-order valence-corrected chi connectivity index (χ2v) is 19.2. The zero-order valence-corrected chi connectivity index (χ0v) is 44.4. The van der Waals surface area contributed by atoms with Gasteiger partial charge in [-0.05, 0) is 83.5 Å². The number of carbonyl (C=O) groups is 3. The number of esters is 3. The lowest BCUT2D eigenvalue weighted by Gasteiger charge is -2.18. The Morgan fingerprint density at radius 2 is 0.552 bits per heavy atom. The van der Waals surface area contributed by atoms with Crippen LogP contribution in [0, 0.1) is 0 Å². The van der Waals surface area contributed by atoms with Crippen LogP contribution in [0.3, 0.4) is 0 Å². The minimum atomic E-state index is -0.797. The van der Waals surface area contributed by atoms with Gasteiger partial charge in [-0.15, -0.1) is 0 Å². The average molecular weight is 938 g/mol. The summed E-state index contributed by atoms with van der Waals surface area (Å²) in [6.07, 6.45) is 69.3. The third-order valence-corrected chi connectivity index (χ3v) is 12.5. The summed E-state index contributed by atoms with van der Waals surface area (Å²) in [5.41, 5.74) is 0. The van der Waals surface area contributed by atoms with E-state index in [1.54, 1.807) is 0 Å². The van der Waals surface area contributed by atoms with E-state index < -0.39 is 6.10 Å². The van der Waals surface area contributed by atoms with E-state index in [0.29, 0.717) is 19.3 Å². The minimum absolute atomic E-state index is 0.0931. The molecule has 0 bridgehead atoms. The van der Waals surface area contributed by atoms with Crippen LogP contribution in [0.15, 0.2) is 60.8 Å². The van der Waals surface area contributed by atoms with Crippen molar-refractivity contribution in [3.63, 3.8) is 0 Å². The standard InChI is InChI=1S/C61H108O6/c1-4-7-10-13-16-19-22-25-28-30-33-36-39-42-45-48-51-54-60(63)66-57-58(56-65-59(62)53-50-47-44-41-38-35-32-27-24-21-18-15-12-9-6-3)67-61(64)55-52-49-46-43-40-37-34-31-29-26-23-20-17-14-11-8-5-2/h16,19,25,27-28,32-33,36,42,45,58H,4-15,17-18,20-24,26,29-31,34-35,37-41,43-44,46-57H2,1-3H3/t58-/m1/s1. The second kappa shape index (κ2) is 55.7. The zero-order valence-electron chi connectivity index (χ0n) is 44.4. The molecule has 0 heterocycles. The average Bonchev–Trinajstić information content (AvgIpc) is 3.33. The molecule has 0 saturated heterocycles. The number of ether oxygens (including phenoxy) is 3. The molecule has 0 fully saturated rings. The van der Waals surface area contributed by atoms with Crippen LogP contribution in [0.4, 0.5) is 0 Å². The molecule has 0 aromatic heterocycles. The Labute approximate surface area is 415 Å². The predicted octanol–water partition coefficient (Wildman–Crippen LogP) is 19.2. The molecule has 6 heteroatoms. The molecule has 0 N–H and O–H groups in total. The van der Waals surface area contributed by atoms with Crippen molar-refractivity contribution in [1.29, 1.82) is 0 Å². The first kappa shape index (κ1) is 64.1. The first-order valence-electron chi connectivity index (χ1n) is 28.8. The van der Waals surface area contributed by atoms with Crippen molar-refractivity contribution in [2.75, 3.05) is 13.2 Å². The van der Waals surface area contributed by atoms with Crippen molar-refractivity contribution in [1.82, 2.24) is 0 Å². The molecule has 6 nitrogen and oxygen atoms in total. The van der Waals surface area contributed by atoms with E-state index in [1.165, 1.54) is 173 Å². The van der Waals surface area contributed by atoms with Crippen molar-refractivity contribution in [3.8, 4) is 0 Å². The topological polar surface area (TPSA) is 78.9 Å². The van der Waals surface area contributed by atoms with Gasteiger partial charge in [0.05, 0.1) is 0 Å². The SMILES string of the molecule is CCCCCC=CCC=CCC=CCC=CCCCC(=O)OC[C@@H](COC(=O)CCCCCCCC=CCCCCCCCC)OC(=O)CCCCCCCCCCCCCCCCCCC. The normalized spacial score (nSPS) is 12.5. The number of hydrogen-bond donors (Lipinski definition) is 0. The van der Waals surface area contributed by atoms with Crippen LogP contribution in [0.2, 0.25) is 0 Å². The van der Waals surface area contributed by atoms with Crippen molar-refractivity contribution in [3.05, 3.63) is 60.8 Å². The van der Waals surface area contributed by atoms with Crippen molar-refractivity contribution >= 4 is 17.9 Å². The predicted molar refractivity (Wildman–Crippen MR) is 288 cm³/mol. The van der Waals surface area contributed by atoms with Crippen LogP contribution in [0.1, 0.15) is 290 Å². The van der Waals surface area contributed by atoms with Gasteiger partial charge >= 0.3 is 17.9 Å². The fraction of sp³-hybridized carbons (Fsp3) is 0.787. The summed E-state index contributed by atoms with van der Waals surface area (Å²) in [6.45, 7) is 6.58. The summed E-state index contributed by atoms with van der Waals surface area (Å²) >= 11 is 0. The highest BCUT2D eigenvalue weighted by molar-refractivity contribution is 5.71. The van der Waals surface area contributed by atoms with Crippen molar-refractivity contribution < 1.29 is 28.6 Å². The molecular formula is C61H108O6. The van der Waals surface area contributed by atoms with Crippen LogP contribution in [0.25, 0.3) is 0 Å². The van der Waals surface area contributed by atoms with Gasteiger partial charge < -0.3 is 14.2 Å². The summed E-state index contributed by atoms with van der Waals surface area (Å²) in [6, 6.07) is 0. The van der Waals surface area contributed by atoms with E-state index in [0.717, 1.165) is 70.6 Å². The molecule has 1 atom stereocenters. The fourth-order valence-electron chi connectivity index (χ4n) is 8.14. The molecule has 67 heavy (non-hydrogen) atoms. The number of rotatable bonds is 52. The van der Waals surface area contributed by atoms with Gasteiger partial charge in [0.1, 0.15) is 13.2 Å². The lowest BCUT2D eigenvalue weighted by Crippen LogP contribution is -2.30. The van der Waals surface area contributed by atoms with Crippen LogP contribution in [-0.2, 0) is 28.6 Å². The van der Waals surface area contributed by atoms with Gasteiger partial charge in [0, 0.05) is 19.3 Å². The van der Waals surface area contributed by atoms with Gasteiger partial charge in [-0.25, -0.2) is 0 Å². The highest BCUT2D eigenvalue weighted by atomic mass is 16.6. The molecule has 0 unspecified atom stereocenters. The summed E-state index contributed by atoms with van der Waals surface area (Å²) in [5.74, 6) is -0.947. The van der Waals surface area contributed by atoms with Gasteiger partial charge in [0.15, 0.2) is 6.10 Å². The number of hydrogen-bond acceptors (Lipinski definition) is 6. The highest BCUT2D eigenvalue weighted by Crippen LogP contribution is 2.16. The monoisotopic (exact) mass is 937 g/mol. The first-order valence-corrected chi connectivity index (χ1v) is 28.8. The third-order valence-electron chi connectivity index (χ3n) is 12.5. The smallest absolute Gasteiger partial charge is 0.306 e. The summed E-state index contributed by atoms with van der Waals surface area (Å²) < 4.78 is 16.8. The van der Waals surface area contributed by atoms with Gasteiger partial charge in [-0.1, -0.05) is 248 Å². The van der Waals surface area contributed by atoms with Crippen LogP contribution < -0.4 is 0 Å². The van der Waals surface area contributed by atoms with E-state index in [2.05, 4.69) is 81.5 Å². The molecule has 0 aliphatic rings. The van der Waals surface area contributed by atoms with E-state index >= 15 is 0 Å². The molecule has 0 aromatic rings. The van der Waals surface area contributed by atoms with Gasteiger partial charge in [0.2, 0.25) is 0 Å². The van der Waals surface area contributed by atoms with Crippen LogP contribution >= 0.6 is 0 Å². The molecule has 0 aliphatic carbocycles. The van der Waals surface area contributed by atoms with E-state index in [4.69, 9.17) is 14.2 Å². The lowest BCUT2D eigenvalue weighted by molar-refractivity contribution is -0.167. The number of allylic oxidation sites excluding steroid dienone is 10. The molecule has 0 spiro atoms. The fourth-order valence-corrected chi connectivity index (χ4v) is 8.14. The van der Waals surface area contributed by atoms with Crippen molar-refractivity contribution in [2.24, 2.45) is 0 Å². The summed E-state index contributed by atoms with van der Waals surface area (Å²) in [4.78, 5) is 38.1. The Bertz CT molecular complexity index is 1210. The molecule has 388 valence electrons. The highest BCUT2D eigenvalue weighted by Gasteiger charge is 2.19. The Morgan fingerprint density at radius 1 is 0.299 bits per heavy atom. The van der Waals surface area contributed by atoms with Crippen molar-refractivity contribution in [2.45, 2.75) is 297 Å². The number of unbranched alkanes of at least 4 members (excludes halogenated alkanes) is 31. The van der Waals surface area contributed by atoms with Gasteiger partial charge in [0.25, 0.3) is 0 Å². The molecule has 0 amide bonds. The van der Waals surface area contributed by atoms with E-state index in [1.807, 2.05) is 0 Å². The molecular weight excluding hydrogens is 829 g/mol. The second-order valence-electron chi connectivity index (χ2n) is 19.2. The molecule has 0 saturated carbocycles. The zero-order chi connectivity index (χ0) is 48.6. The van der Waals surface area contributed by atoms with Gasteiger partial charge in [-0.3, -0.25) is 14.4 Å². The Hall–Kier alpha value is -2.89. The third kappa shape index (κ3) is 53.9. The lowest BCUT2D eigenvalue weighted by atomic mass is 10.0. The molecule has 0 aliphatic heterocycles. The maximum Gasteiger partial charge on any atom is 0.306 e. The molecule has 0 aromatic carbocycles. The minimum Gasteiger partial charge on any atom is -0.462 e. The Morgan fingerprint density at radius 3 is 0.940 bits per heavy atom. The Kier molecular flexibility index (Phi) is 53.3. The van der Waals surface area contributed by atoms with Gasteiger partial charge in [-0.2, -0.15) is 0 Å². The quantitative estimate of drug-likeness (QED) is 0.0262. The van der Waals surface area contributed by atoms with E-state index in [9.17, 15) is 14.4 Å². The van der Waals surface area contributed by atoms with E-state index in [-0.39, 0.29) is 37.5 Å². The largest absolute Gasteiger partial charge is 0.462 e. The molecule has 0 rings (SSSR count). The summed E-state index contributed by atoms with van der Waals surface area (Å²) in [7, 11) is 0. The Balaban J connectivity index is 4.45. The summed E-state index contributed by atoms with van der Waals surface area (Å²) in [5, 5.41) is 0. The van der Waals surface area contributed by atoms with Crippen LogP contribution in [-0.4, -0.2) is 37.2 Å². The maximum absolute atomic E-state index is 12.9. The number of carbonyl (C=O) groups excluding carboxylic acids is 3. The van der Waals surface area contributed by atoms with Crippen LogP contribution in [0.5, 0.6) is 0 Å². The maximum atomic E-state index is 12.9. The molecule has 0 radical (unpaired) electrons. The first-order chi connectivity index (χ1) is 33.0.